The van der Waals surface area contributed by atoms with Crippen LogP contribution in [0.1, 0.15) is 20.8 Å². The van der Waals surface area contributed by atoms with Crippen LogP contribution < -0.4 is 16.0 Å². The lowest BCUT2D eigenvalue weighted by molar-refractivity contribution is -0.928. The summed E-state index contributed by atoms with van der Waals surface area (Å²) in [6, 6.07) is -1.09. The van der Waals surface area contributed by atoms with Gasteiger partial charge in [-0.3, -0.25) is 10.1 Å². The quantitative estimate of drug-likeness (QED) is 0.526. The van der Waals surface area contributed by atoms with E-state index in [0.29, 0.717) is 0 Å². The number of carbonyl (C=O) groups is 2. The number of quaternary nitrogens is 1. The van der Waals surface area contributed by atoms with Crippen LogP contribution in [0, 0.1) is 0 Å². The molecule has 1 aliphatic rings. The van der Waals surface area contributed by atoms with Crippen molar-refractivity contribution in [2.75, 3.05) is 13.1 Å². The fourth-order valence-corrected chi connectivity index (χ4v) is 2.08. The summed E-state index contributed by atoms with van der Waals surface area (Å²) < 4.78 is 5.58. The van der Waals surface area contributed by atoms with Gasteiger partial charge in [0, 0.05) is 0 Å². The predicted molar refractivity (Wildman–Crippen MR) is 57.9 cm³/mol. The summed E-state index contributed by atoms with van der Waals surface area (Å²) >= 11 is 0. The lowest BCUT2D eigenvalue weighted by Crippen LogP contribution is -3.19. The number of nitrogens with one attached hydrogen (secondary N) is 2. The average molecular weight is 230 g/mol. The number of hydrogen-bond donors (Lipinski definition) is 3. The number of imide groups is 1. The van der Waals surface area contributed by atoms with Crippen molar-refractivity contribution in [2.24, 2.45) is 5.73 Å². The Hall–Kier alpha value is -1.14. The second-order valence-electron chi connectivity index (χ2n) is 4.40. The smallest absolute Gasteiger partial charge is 0.319 e. The predicted octanol–water partition coefficient (Wildman–Crippen LogP) is -1.74. The highest BCUT2D eigenvalue weighted by molar-refractivity contribution is 5.95. The number of primary amides is 1. The first-order valence-corrected chi connectivity index (χ1v) is 5.50. The van der Waals surface area contributed by atoms with Crippen molar-refractivity contribution in [3.63, 3.8) is 0 Å². The second kappa shape index (κ2) is 5.27. The minimum absolute atomic E-state index is 0.127. The van der Waals surface area contributed by atoms with Crippen molar-refractivity contribution in [3.05, 3.63) is 0 Å². The maximum Gasteiger partial charge on any atom is 0.319 e. The van der Waals surface area contributed by atoms with Crippen molar-refractivity contribution in [3.8, 4) is 0 Å². The van der Waals surface area contributed by atoms with Gasteiger partial charge in [-0.2, -0.15) is 0 Å². The molecule has 0 aliphatic carbocycles. The number of urea groups is 1. The summed E-state index contributed by atoms with van der Waals surface area (Å²) in [5.41, 5.74) is 4.91. The Morgan fingerprint density at radius 1 is 1.38 bits per heavy atom. The van der Waals surface area contributed by atoms with Gasteiger partial charge in [0.25, 0.3) is 5.91 Å². The van der Waals surface area contributed by atoms with Gasteiger partial charge in [-0.1, -0.05) is 0 Å². The fourth-order valence-electron chi connectivity index (χ4n) is 2.08. The summed E-state index contributed by atoms with van der Waals surface area (Å²) in [5.74, 6) is -0.330. The number of morpholine rings is 1. The Kier molecular flexibility index (Phi) is 4.26. The molecule has 0 aromatic rings. The largest absolute Gasteiger partial charge is 0.364 e. The Labute approximate surface area is 95.1 Å². The van der Waals surface area contributed by atoms with E-state index in [1.807, 2.05) is 13.8 Å². The van der Waals surface area contributed by atoms with Crippen LogP contribution in [0.25, 0.3) is 0 Å². The number of hydrogen-bond acceptors (Lipinski definition) is 3. The number of rotatable bonds is 2. The number of ether oxygens (including phenoxy) is 1. The van der Waals surface area contributed by atoms with Crippen LogP contribution in [0.2, 0.25) is 0 Å². The summed E-state index contributed by atoms with van der Waals surface area (Å²) in [4.78, 5) is 23.3. The van der Waals surface area contributed by atoms with Crippen LogP contribution in [0.4, 0.5) is 4.79 Å². The van der Waals surface area contributed by atoms with Crippen LogP contribution in [0.3, 0.4) is 0 Å². The molecule has 0 saturated carbocycles. The van der Waals surface area contributed by atoms with E-state index in [0.717, 1.165) is 18.0 Å². The summed E-state index contributed by atoms with van der Waals surface area (Å²) in [6.45, 7) is 7.27. The first-order valence-electron chi connectivity index (χ1n) is 5.50. The van der Waals surface area contributed by atoms with Gasteiger partial charge in [0.15, 0.2) is 6.04 Å². The van der Waals surface area contributed by atoms with E-state index >= 15 is 0 Å². The Morgan fingerprint density at radius 3 is 2.31 bits per heavy atom. The normalized spacial score (nSPS) is 31.8. The number of carbonyl (C=O) groups excluding carboxylic acids is 2. The van der Waals surface area contributed by atoms with Gasteiger partial charge < -0.3 is 15.4 Å². The van der Waals surface area contributed by atoms with Crippen molar-refractivity contribution in [1.29, 1.82) is 0 Å². The van der Waals surface area contributed by atoms with Gasteiger partial charge in [0.1, 0.15) is 25.3 Å². The third kappa shape index (κ3) is 3.46. The fraction of sp³-hybridized carbons (Fsp3) is 0.800. The van der Waals surface area contributed by atoms with Crippen LogP contribution in [0.5, 0.6) is 0 Å². The standard InChI is InChI=1S/C10H19N3O3/c1-6-4-13(5-7(2)16-6)8(3)9(14)12-10(11)15/h6-8H,4-5H2,1-3H3,(H3,11,12,14,15)/p+1/t6-,7-,8+/m1/s1. The Balaban J connectivity index is 2.55. The number of nitrogens with two attached hydrogens (primary N) is 1. The zero-order chi connectivity index (χ0) is 12.3. The Morgan fingerprint density at radius 2 is 1.88 bits per heavy atom. The SMILES string of the molecule is C[C@@H]1C[NH+]([C@@H](C)C(=O)NC(N)=O)C[C@@H](C)O1. The summed E-state index contributed by atoms with van der Waals surface area (Å²) in [7, 11) is 0. The maximum atomic E-state index is 11.6. The highest BCUT2D eigenvalue weighted by atomic mass is 16.5. The molecule has 0 bridgehead atoms. The molecule has 16 heavy (non-hydrogen) atoms. The van der Waals surface area contributed by atoms with Crippen molar-refractivity contribution >= 4 is 11.9 Å². The molecule has 1 rings (SSSR count). The topological polar surface area (TPSA) is 85.9 Å². The molecule has 0 radical (unpaired) electrons. The molecular weight excluding hydrogens is 210 g/mol. The zero-order valence-corrected chi connectivity index (χ0v) is 9.95. The van der Waals surface area contributed by atoms with Crippen LogP contribution in [0.15, 0.2) is 0 Å². The van der Waals surface area contributed by atoms with Crippen LogP contribution >= 0.6 is 0 Å². The molecule has 0 unspecified atom stereocenters. The third-order valence-corrected chi connectivity index (χ3v) is 2.82. The van der Waals surface area contributed by atoms with E-state index in [1.165, 1.54) is 0 Å². The lowest BCUT2D eigenvalue weighted by atomic mass is 10.1. The molecule has 0 spiro atoms. The van der Waals surface area contributed by atoms with Gasteiger partial charge in [0.05, 0.1) is 0 Å². The molecule has 1 heterocycles. The first kappa shape index (κ1) is 12.9. The maximum absolute atomic E-state index is 11.6. The molecule has 0 aromatic carbocycles. The van der Waals surface area contributed by atoms with E-state index < -0.39 is 6.03 Å². The zero-order valence-electron chi connectivity index (χ0n) is 9.95. The van der Waals surface area contributed by atoms with Gasteiger partial charge in [-0.15, -0.1) is 0 Å². The molecule has 1 saturated heterocycles. The van der Waals surface area contributed by atoms with Crippen LogP contribution in [-0.4, -0.2) is 43.3 Å². The molecule has 3 atom stereocenters. The minimum Gasteiger partial charge on any atom is -0.364 e. The molecule has 6 heteroatoms. The van der Waals surface area contributed by atoms with E-state index in [4.69, 9.17) is 10.5 Å². The van der Waals surface area contributed by atoms with Crippen molar-refractivity contribution in [1.82, 2.24) is 5.32 Å². The molecule has 1 aliphatic heterocycles. The highest BCUT2D eigenvalue weighted by Crippen LogP contribution is 1.99. The summed E-state index contributed by atoms with van der Waals surface area (Å²) in [5, 5.41) is 2.11. The Bertz CT molecular complexity index is 272. The number of amides is 3. The highest BCUT2D eigenvalue weighted by Gasteiger charge is 2.33. The van der Waals surface area contributed by atoms with Gasteiger partial charge in [-0.25, -0.2) is 4.79 Å². The van der Waals surface area contributed by atoms with E-state index in [9.17, 15) is 9.59 Å². The van der Waals surface area contributed by atoms with Crippen molar-refractivity contribution < 1.29 is 19.2 Å². The van der Waals surface area contributed by atoms with Gasteiger partial charge in [0.2, 0.25) is 0 Å². The summed E-state index contributed by atoms with van der Waals surface area (Å²) in [6.07, 6.45) is 0.255. The molecule has 0 aromatic heterocycles. The van der Waals surface area contributed by atoms with Gasteiger partial charge >= 0.3 is 6.03 Å². The average Bonchev–Trinajstić information content (AvgIpc) is 2.13. The van der Waals surface area contributed by atoms with E-state index in [1.54, 1.807) is 6.92 Å². The molecular formula is C10H20N3O3+. The second-order valence-corrected chi connectivity index (χ2v) is 4.40. The minimum atomic E-state index is -0.800. The molecule has 1 fully saturated rings. The van der Waals surface area contributed by atoms with E-state index in [-0.39, 0.29) is 24.2 Å². The van der Waals surface area contributed by atoms with Crippen molar-refractivity contribution in [2.45, 2.75) is 39.0 Å². The first-order chi connectivity index (χ1) is 7.40. The van der Waals surface area contributed by atoms with Gasteiger partial charge in [-0.05, 0) is 20.8 Å². The molecule has 3 amide bonds. The monoisotopic (exact) mass is 230 g/mol. The van der Waals surface area contributed by atoms with Crippen LogP contribution in [-0.2, 0) is 9.53 Å². The molecule has 92 valence electrons. The van der Waals surface area contributed by atoms with E-state index in [2.05, 4.69) is 5.32 Å². The third-order valence-electron chi connectivity index (χ3n) is 2.82. The molecule has 4 N–H and O–H groups in total. The molecule has 6 nitrogen and oxygen atoms in total. The lowest BCUT2D eigenvalue weighted by Gasteiger charge is -2.35.